The van der Waals surface area contributed by atoms with Gasteiger partial charge in [0.25, 0.3) is 0 Å². The summed E-state index contributed by atoms with van der Waals surface area (Å²) >= 11 is 6.37. The molecule has 174 valence electrons. The van der Waals surface area contributed by atoms with E-state index in [1.54, 1.807) is 6.07 Å². The zero-order chi connectivity index (χ0) is 23.6. The lowest BCUT2D eigenvalue weighted by molar-refractivity contribution is -0.127. The molecule has 1 aliphatic rings. The predicted octanol–water partition coefficient (Wildman–Crippen LogP) is 5.78. The van der Waals surface area contributed by atoms with Gasteiger partial charge in [-0.1, -0.05) is 48.9 Å². The number of halogens is 2. The first kappa shape index (κ1) is 23.5. The second-order valence-corrected chi connectivity index (χ2v) is 9.36. The predicted molar refractivity (Wildman–Crippen MR) is 131 cm³/mol. The molecule has 0 bridgehead atoms. The van der Waals surface area contributed by atoms with E-state index in [2.05, 4.69) is 10.6 Å². The molecule has 6 heteroatoms. The minimum Gasteiger partial charge on any atom is -0.494 e. The molecule has 33 heavy (non-hydrogen) atoms. The van der Waals surface area contributed by atoms with Gasteiger partial charge in [-0.05, 0) is 79.0 Å². The van der Waals surface area contributed by atoms with E-state index >= 15 is 0 Å². The van der Waals surface area contributed by atoms with Gasteiger partial charge < -0.3 is 15.4 Å². The van der Waals surface area contributed by atoms with Crippen molar-refractivity contribution in [2.75, 3.05) is 20.2 Å². The zero-order valence-electron chi connectivity index (χ0n) is 19.3. The number of carbonyl (C=O) groups is 1. The van der Waals surface area contributed by atoms with E-state index in [0.717, 1.165) is 47.8 Å². The molecule has 0 saturated carbocycles. The molecule has 2 N–H and O–H groups in total. The molecule has 2 unspecified atom stereocenters. The first-order chi connectivity index (χ1) is 15.9. The first-order valence-electron chi connectivity index (χ1n) is 11.4. The van der Waals surface area contributed by atoms with Gasteiger partial charge in [0.2, 0.25) is 5.91 Å². The number of ether oxygens (including phenoxy) is 1. The summed E-state index contributed by atoms with van der Waals surface area (Å²) < 4.78 is 19.7. The number of carbonyl (C=O) groups excluding carboxylic acids is 1. The van der Waals surface area contributed by atoms with Gasteiger partial charge in [-0.3, -0.25) is 4.79 Å². The van der Waals surface area contributed by atoms with Crippen LogP contribution in [0, 0.1) is 11.7 Å². The Hall–Kier alpha value is -2.63. The monoisotopic (exact) mass is 468 g/mol. The van der Waals surface area contributed by atoms with Crippen molar-refractivity contribution >= 4 is 28.3 Å². The quantitative estimate of drug-likeness (QED) is 0.482. The summed E-state index contributed by atoms with van der Waals surface area (Å²) in [6, 6.07) is 16.7. The molecule has 4 rings (SSSR count). The highest BCUT2D eigenvalue weighted by Gasteiger charge is 2.43. The SMILES string of the molecule is COc1ccc(C2(C(C)C(=O)NC(C)c3cc(Cl)cc4ccccc34)CCNCC2)cc1F. The van der Waals surface area contributed by atoms with Crippen molar-refractivity contribution in [2.24, 2.45) is 5.92 Å². The summed E-state index contributed by atoms with van der Waals surface area (Å²) in [6.07, 6.45) is 1.50. The van der Waals surface area contributed by atoms with Crippen LogP contribution in [-0.4, -0.2) is 26.1 Å². The Kier molecular flexibility index (Phi) is 6.91. The fourth-order valence-corrected chi connectivity index (χ4v) is 5.38. The van der Waals surface area contributed by atoms with Crippen molar-refractivity contribution in [2.45, 2.75) is 38.1 Å². The highest BCUT2D eigenvalue weighted by atomic mass is 35.5. The maximum Gasteiger partial charge on any atom is 0.224 e. The lowest BCUT2D eigenvalue weighted by Crippen LogP contribution is -2.49. The minimum absolute atomic E-state index is 0.0512. The third-order valence-electron chi connectivity index (χ3n) is 7.13. The van der Waals surface area contributed by atoms with Crippen molar-refractivity contribution < 1.29 is 13.9 Å². The molecule has 1 amide bonds. The van der Waals surface area contributed by atoms with E-state index in [1.807, 2.05) is 56.3 Å². The summed E-state index contributed by atoms with van der Waals surface area (Å²) in [4.78, 5) is 13.6. The van der Waals surface area contributed by atoms with Gasteiger partial charge in [0.05, 0.1) is 13.2 Å². The summed E-state index contributed by atoms with van der Waals surface area (Å²) in [5, 5.41) is 9.32. The molecule has 0 aliphatic carbocycles. The van der Waals surface area contributed by atoms with E-state index in [0.29, 0.717) is 5.02 Å². The van der Waals surface area contributed by atoms with Crippen molar-refractivity contribution in [3.63, 3.8) is 0 Å². The van der Waals surface area contributed by atoms with Crippen LogP contribution in [0.1, 0.15) is 43.9 Å². The number of piperidine rings is 1. The molecule has 0 radical (unpaired) electrons. The van der Waals surface area contributed by atoms with Gasteiger partial charge in [0, 0.05) is 16.4 Å². The molecule has 2 atom stereocenters. The van der Waals surface area contributed by atoms with E-state index in [9.17, 15) is 9.18 Å². The van der Waals surface area contributed by atoms with E-state index in [4.69, 9.17) is 16.3 Å². The standard InChI is InChI=1S/C27H30ClFN2O2/c1-17(27(10-12-30-13-11-27)20-8-9-25(33-3)24(29)15-20)26(32)31-18(2)23-16-21(28)14-19-6-4-5-7-22(19)23/h4-9,14-18,30H,10-13H2,1-3H3,(H,31,32). The molecule has 1 saturated heterocycles. The van der Waals surface area contributed by atoms with E-state index in [-0.39, 0.29) is 23.6 Å². The van der Waals surface area contributed by atoms with Crippen LogP contribution >= 0.6 is 11.6 Å². The maximum atomic E-state index is 14.6. The molecule has 1 heterocycles. The number of methoxy groups -OCH3 is 1. The molecule has 0 spiro atoms. The molecule has 3 aromatic rings. The van der Waals surface area contributed by atoms with Gasteiger partial charge in [-0.2, -0.15) is 0 Å². The zero-order valence-corrected chi connectivity index (χ0v) is 20.0. The summed E-state index contributed by atoms with van der Waals surface area (Å²) in [7, 11) is 1.45. The summed E-state index contributed by atoms with van der Waals surface area (Å²) in [6.45, 7) is 5.48. The maximum absolute atomic E-state index is 14.6. The second kappa shape index (κ2) is 9.70. The number of benzene rings is 3. The fraction of sp³-hybridized carbons (Fsp3) is 0.370. The Morgan fingerprint density at radius 1 is 1.12 bits per heavy atom. The molecular formula is C27H30ClFN2O2. The number of nitrogens with one attached hydrogen (secondary N) is 2. The Morgan fingerprint density at radius 3 is 2.55 bits per heavy atom. The van der Waals surface area contributed by atoms with Crippen molar-refractivity contribution in [1.29, 1.82) is 0 Å². The lowest BCUT2D eigenvalue weighted by atomic mass is 9.65. The molecule has 1 fully saturated rings. The molecule has 0 aromatic heterocycles. The topological polar surface area (TPSA) is 50.4 Å². The molecule has 3 aromatic carbocycles. The van der Waals surface area contributed by atoms with Gasteiger partial charge in [-0.25, -0.2) is 4.39 Å². The smallest absolute Gasteiger partial charge is 0.224 e. The minimum atomic E-state index is -0.460. The van der Waals surface area contributed by atoms with Crippen LogP contribution in [0.15, 0.2) is 54.6 Å². The largest absolute Gasteiger partial charge is 0.494 e. The van der Waals surface area contributed by atoms with Gasteiger partial charge in [0.15, 0.2) is 11.6 Å². The van der Waals surface area contributed by atoms with Crippen LogP contribution in [0.3, 0.4) is 0 Å². The van der Waals surface area contributed by atoms with Gasteiger partial charge in [-0.15, -0.1) is 0 Å². The number of rotatable bonds is 6. The second-order valence-electron chi connectivity index (χ2n) is 8.92. The Morgan fingerprint density at radius 2 is 1.85 bits per heavy atom. The van der Waals surface area contributed by atoms with Crippen molar-refractivity contribution in [3.8, 4) is 5.75 Å². The Balaban J connectivity index is 1.63. The van der Waals surface area contributed by atoms with Crippen LogP contribution in [0.2, 0.25) is 5.02 Å². The number of fused-ring (bicyclic) bond motifs is 1. The van der Waals surface area contributed by atoms with Crippen molar-refractivity contribution in [1.82, 2.24) is 10.6 Å². The lowest BCUT2D eigenvalue weighted by Gasteiger charge is -2.42. The van der Waals surface area contributed by atoms with Crippen LogP contribution in [-0.2, 0) is 10.2 Å². The Bertz CT molecular complexity index is 1160. The number of amides is 1. The average molecular weight is 469 g/mol. The average Bonchev–Trinajstić information content (AvgIpc) is 2.83. The van der Waals surface area contributed by atoms with Crippen LogP contribution in [0.25, 0.3) is 10.8 Å². The molecular weight excluding hydrogens is 439 g/mol. The fourth-order valence-electron chi connectivity index (χ4n) is 5.15. The van der Waals surface area contributed by atoms with Gasteiger partial charge in [0.1, 0.15) is 0 Å². The third-order valence-corrected chi connectivity index (χ3v) is 7.35. The van der Waals surface area contributed by atoms with E-state index in [1.165, 1.54) is 13.2 Å². The van der Waals surface area contributed by atoms with Crippen LogP contribution < -0.4 is 15.4 Å². The third kappa shape index (κ3) is 4.57. The van der Waals surface area contributed by atoms with Crippen LogP contribution in [0.4, 0.5) is 4.39 Å². The summed E-state index contributed by atoms with van der Waals surface area (Å²) in [5.41, 5.74) is 1.36. The number of hydrogen-bond acceptors (Lipinski definition) is 3. The Labute approximate surface area is 199 Å². The van der Waals surface area contributed by atoms with Crippen LogP contribution in [0.5, 0.6) is 5.75 Å². The van der Waals surface area contributed by atoms with Gasteiger partial charge >= 0.3 is 0 Å². The first-order valence-corrected chi connectivity index (χ1v) is 11.8. The highest BCUT2D eigenvalue weighted by Crippen LogP contribution is 2.42. The molecule has 1 aliphatic heterocycles. The number of hydrogen-bond donors (Lipinski definition) is 2. The van der Waals surface area contributed by atoms with Crippen molar-refractivity contribution in [3.05, 3.63) is 76.6 Å². The normalized spacial score (nSPS) is 17.4. The molecule has 4 nitrogen and oxygen atoms in total. The summed E-state index contributed by atoms with van der Waals surface area (Å²) in [5.74, 6) is -0.592. The highest BCUT2D eigenvalue weighted by molar-refractivity contribution is 6.31. The van der Waals surface area contributed by atoms with E-state index < -0.39 is 11.2 Å².